The summed E-state index contributed by atoms with van der Waals surface area (Å²) in [5.41, 5.74) is 5.25. The van der Waals surface area contributed by atoms with Crippen molar-refractivity contribution in [2.24, 2.45) is 7.05 Å². The van der Waals surface area contributed by atoms with Crippen LogP contribution < -0.4 is 10.5 Å². The van der Waals surface area contributed by atoms with Crippen molar-refractivity contribution >= 4 is 33.9 Å². The maximum atomic E-state index is 13.4. The van der Waals surface area contributed by atoms with Crippen LogP contribution in [0.1, 0.15) is 5.56 Å². The maximum Gasteiger partial charge on any atom is 0.272 e. The van der Waals surface area contributed by atoms with Gasteiger partial charge >= 0.3 is 0 Å². The summed E-state index contributed by atoms with van der Waals surface area (Å²) in [4.78, 5) is 17.4. The summed E-state index contributed by atoms with van der Waals surface area (Å²) < 4.78 is 15.3. The number of fused-ring (bicyclic) bond motifs is 2. The molecule has 2 aromatic heterocycles. The molecule has 0 atom stereocenters. The van der Waals surface area contributed by atoms with E-state index in [1.165, 1.54) is 12.1 Å². The van der Waals surface area contributed by atoms with Crippen LogP contribution in [0.3, 0.4) is 0 Å². The highest BCUT2D eigenvalue weighted by molar-refractivity contribution is 6.31. The van der Waals surface area contributed by atoms with E-state index in [1.807, 2.05) is 36.0 Å². The van der Waals surface area contributed by atoms with E-state index in [4.69, 9.17) is 11.6 Å². The summed E-state index contributed by atoms with van der Waals surface area (Å²) in [6.45, 7) is 0.546. The molecule has 0 aliphatic carbocycles. The number of aromatic nitrogens is 2. The van der Waals surface area contributed by atoms with Gasteiger partial charge in [-0.15, -0.1) is 0 Å². The Kier molecular flexibility index (Phi) is 3.42. The lowest BCUT2D eigenvalue weighted by Gasteiger charge is -2.26. The number of benzene rings is 2. The largest absolute Gasteiger partial charge is 0.345 e. The average Bonchev–Trinajstić information content (AvgIpc) is 2.94. The molecule has 0 unspecified atom stereocenters. The molecular weight excluding hydrogens is 365 g/mol. The molecule has 5 rings (SSSR count). The molecule has 1 N–H and O–H groups in total. The Hall–Kier alpha value is -3.05. The molecule has 1 aliphatic heterocycles. The van der Waals surface area contributed by atoms with Gasteiger partial charge in [0.1, 0.15) is 11.3 Å². The second-order valence-corrected chi connectivity index (χ2v) is 7.18. The highest BCUT2D eigenvalue weighted by atomic mass is 35.5. The van der Waals surface area contributed by atoms with Crippen LogP contribution in [0.2, 0.25) is 5.02 Å². The molecule has 134 valence electrons. The molecule has 0 amide bonds. The van der Waals surface area contributed by atoms with Crippen LogP contribution in [0.15, 0.2) is 59.7 Å². The number of anilines is 2. The summed E-state index contributed by atoms with van der Waals surface area (Å²) in [6, 6.07) is 12.1. The normalized spacial score (nSPS) is 12.9. The Labute approximate surface area is 159 Å². The third-order valence-corrected chi connectivity index (χ3v) is 5.34. The first-order chi connectivity index (χ1) is 13.0. The molecule has 4 aromatic rings. The van der Waals surface area contributed by atoms with Crippen molar-refractivity contribution in [3.8, 4) is 11.1 Å². The molecular formula is C21H15ClFN3O. The first kappa shape index (κ1) is 16.1. The molecule has 4 nitrogen and oxygen atoms in total. The first-order valence-electron chi connectivity index (χ1n) is 8.55. The molecule has 0 radical (unpaired) electrons. The molecule has 0 spiro atoms. The van der Waals surface area contributed by atoms with Crippen LogP contribution in [0.5, 0.6) is 0 Å². The van der Waals surface area contributed by atoms with Crippen molar-refractivity contribution in [1.29, 1.82) is 0 Å². The maximum absolute atomic E-state index is 13.4. The minimum Gasteiger partial charge on any atom is -0.345 e. The lowest BCUT2D eigenvalue weighted by Crippen LogP contribution is -2.18. The number of aromatic amines is 1. The molecule has 2 aromatic carbocycles. The topological polar surface area (TPSA) is 41.0 Å². The van der Waals surface area contributed by atoms with Crippen LogP contribution in [-0.2, 0) is 13.6 Å². The minimum absolute atomic E-state index is 0.124. The van der Waals surface area contributed by atoms with Crippen LogP contribution in [0.4, 0.5) is 15.8 Å². The van der Waals surface area contributed by atoms with Crippen LogP contribution in [-0.4, -0.2) is 9.55 Å². The van der Waals surface area contributed by atoms with Crippen LogP contribution in [0.25, 0.3) is 22.0 Å². The number of nitrogens with zero attached hydrogens (tertiary/aromatic N) is 2. The Bertz CT molecular complexity index is 1260. The second kappa shape index (κ2) is 5.72. The zero-order valence-corrected chi connectivity index (χ0v) is 15.2. The van der Waals surface area contributed by atoms with E-state index in [0.717, 1.165) is 33.5 Å². The molecule has 0 saturated heterocycles. The molecule has 6 heteroatoms. The number of hydrogen-bond acceptors (Lipinski definition) is 2. The van der Waals surface area contributed by atoms with Gasteiger partial charge in [0.2, 0.25) is 0 Å². The number of H-pyrrole nitrogens is 1. The Morgan fingerprint density at radius 2 is 1.89 bits per heavy atom. The summed E-state index contributed by atoms with van der Waals surface area (Å²) in [7, 11) is 1.87. The predicted octanol–water partition coefficient (Wildman–Crippen LogP) is 4.98. The fourth-order valence-electron chi connectivity index (χ4n) is 3.91. The summed E-state index contributed by atoms with van der Waals surface area (Å²) in [5.74, 6) is -0.278. The number of nitrogens with one attached hydrogen (secondary N) is 1. The SMILES string of the molecule is Cn1cc2c3c(c[nH]c(=O)c31)CN(c1ccc(F)cc1)c1ccc(Cl)cc1-2. The minimum atomic E-state index is -0.278. The van der Waals surface area contributed by atoms with Gasteiger partial charge in [-0.2, -0.15) is 0 Å². The fourth-order valence-corrected chi connectivity index (χ4v) is 4.09. The van der Waals surface area contributed by atoms with E-state index in [1.54, 1.807) is 18.3 Å². The lowest BCUT2D eigenvalue weighted by atomic mass is 10.0. The summed E-state index contributed by atoms with van der Waals surface area (Å²) in [6.07, 6.45) is 3.73. The number of rotatable bonds is 1. The Morgan fingerprint density at radius 1 is 1.11 bits per heavy atom. The van der Waals surface area contributed by atoms with Gasteiger partial charge in [-0.05, 0) is 48.0 Å². The highest BCUT2D eigenvalue weighted by Gasteiger charge is 2.25. The quantitative estimate of drug-likeness (QED) is 0.507. The van der Waals surface area contributed by atoms with Crippen molar-refractivity contribution in [1.82, 2.24) is 9.55 Å². The van der Waals surface area contributed by atoms with Crippen molar-refractivity contribution in [2.45, 2.75) is 6.54 Å². The van der Waals surface area contributed by atoms with E-state index in [-0.39, 0.29) is 11.4 Å². The molecule has 0 fully saturated rings. The molecule has 0 bridgehead atoms. The smallest absolute Gasteiger partial charge is 0.272 e. The predicted molar refractivity (Wildman–Crippen MR) is 106 cm³/mol. The van der Waals surface area contributed by atoms with Gasteiger partial charge in [0.25, 0.3) is 5.56 Å². The van der Waals surface area contributed by atoms with Gasteiger partial charge in [0.15, 0.2) is 0 Å². The van der Waals surface area contributed by atoms with Gasteiger partial charge in [-0.25, -0.2) is 4.39 Å². The van der Waals surface area contributed by atoms with Gasteiger partial charge in [-0.3, -0.25) is 4.79 Å². The van der Waals surface area contributed by atoms with E-state index >= 15 is 0 Å². The van der Waals surface area contributed by atoms with Crippen molar-refractivity contribution in [3.63, 3.8) is 0 Å². The van der Waals surface area contributed by atoms with Gasteiger partial charge in [0.05, 0.1) is 6.54 Å². The number of aryl methyl sites for hydroxylation is 1. The highest BCUT2D eigenvalue weighted by Crippen LogP contribution is 2.44. The van der Waals surface area contributed by atoms with Crippen molar-refractivity contribution in [3.05, 3.63) is 81.6 Å². The molecule has 0 saturated carbocycles. The number of pyridine rings is 1. The van der Waals surface area contributed by atoms with E-state index < -0.39 is 0 Å². The summed E-state index contributed by atoms with van der Waals surface area (Å²) in [5, 5.41) is 1.55. The second-order valence-electron chi connectivity index (χ2n) is 6.74. The molecule has 27 heavy (non-hydrogen) atoms. The third kappa shape index (κ3) is 2.39. The number of hydrogen-bond donors (Lipinski definition) is 1. The fraction of sp³-hybridized carbons (Fsp3) is 0.0952. The molecule has 3 heterocycles. The van der Waals surface area contributed by atoms with Gasteiger partial charge in [0, 0.05) is 52.4 Å². The lowest BCUT2D eigenvalue weighted by molar-refractivity contribution is 0.627. The van der Waals surface area contributed by atoms with Gasteiger partial charge < -0.3 is 14.5 Å². The zero-order chi connectivity index (χ0) is 18.7. The van der Waals surface area contributed by atoms with E-state index in [0.29, 0.717) is 17.1 Å². The van der Waals surface area contributed by atoms with Crippen LogP contribution in [0, 0.1) is 5.82 Å². The monoisotopic (exact) mass is 379 g/mol. The van der Waals surface area contributed by atoms with Crippen LogP contribution >= 0.6 is 11.6 Å². The van der Waals surface area contributed by atoms with Gasteiger partial charge in [-0.1, -0.05) is 11.6 Å². The standard InChI is InChI=1S/C21H15ClFN3O/c1-25-11-17-16-8-13(22)2-7-18(16)26(15-5-3-14(23)4-6-15)10-12-9-24-21(27)20(25)19(12)17/h2-9,11H,10H2,1H3,(H,24,27). The van der Waals surface area contributed by atoms with Crippen molar-refractivity contribution < 1.29 is 4.39 Å². The Balaban J connectivity index is 1.86. The molecule has 1 aliphatic rings. The average molecular weight is 380 g/mol. The zero-order valence-electron chi connectivity index (χ0n) is 14.5. The summed E-state index contributed by atoms with van der Waals surface area (Å²) >= 11 is 6.30. The van der Waals surface area contributed by atoms with E-state index in [9.17, 15) is 9.18 Å². The van der Waals surface area contributed by atoms with E-state index in [2.05, 4.69) is 9.88 Å². The third-order valence-electron chi connectivity index (χ3n) is 5.10. The first-order valence-corrected chi connectivity index (χ1v) is 8.93. The van der Waals surface area contributed by atoms with Crippen molar-refractivity contribution in [2.75, 3.05) is 4.90 Å². The number of halogens is 2. The Morgan fingerprint density at radius 3 is 2.67 bits per heavy atom.